The highest BCUT2D eigenvalue weighted by Gasteiger charge is 2.28. The molecule has 2 aliphatic rings. The molecule has 1 saturated heterocycles. The fourth-order valence-electron chi connectivity index (χ4n) is 3.68. The Morgan fingerprint density at radius 3 is 2.53 bits per heavy atom. The third-order valence-corrected chi connectivity index (χ3v) is 5.62. The van der Waals surface area contributed by atoms with E-state index in [2.05, 4.69) is 30.5 Å². The van der Waals surface area contributed by atoms with Crippen LogP contribution in [0.4, 0.5) is 17.5 Å². The number of hydrogen-bond donors (Lipinski definition) is 2. The first-order valence-corrected chi connectivity index (χ1v) is 10.3. The number of nitrogens with one attached hydrogen (secondary N) is 2. The highest BCUT2D eigenvalue weighted by molar-refractivity contribution is 5.99. The quantitative estimate of drug-likeness (QED) is 0.777. The average Bonchev–Trinajstić information content (AvgIpc) is 3.59. The average molecular weight is 409 g/mol. The fourth-order valence-corrected chi connectivity index (χ4v) is 3.68. The number of carbonyl (C=O) groups is 2. The lowest BCUT2D eigenvalue weighted by molar-refractivity contribution is -0.129. The molecule has 2 aromatic rings. The van der Waals surface area contributed by atoms with E-state index in [0.717, 1.165) is 11.4 Å². The maximum absolute atomic E-state index is 12.3. The molecular formula is C21H27N7O2. The molecule has 9 nitrogen and oxygen atoms in total. The number of anilines is 3. The SMILES string of the molecule is CNC(=O)c1cnc(N2CCN(C(C)=O)CC2C)nc1Nc1ccc(C2CC2)nc1. The zero-order chi connectivity index (χ0) is 21.3. The summed E-state index contributed by atoms with van der Waals surface area (Å²) in [6.07, 6.45) is 5.72. The van der Waals surface area contributed by atoms with E-state index in [1.165, 1.54) is 12.8 Å². The summed E-state index contributed by atoms with van der Waals surface area (Å²) in [6.45, 7) is 5.50. The second-order valence-corrected chi connectivity index (χ2v) is 7.89. The molecule has 158 valence electrons. The van der Waals surface area contributed by atoms with E-state index in [9.17, 15) is 9.59 Å². The minimum Gasteiger partial charge on any atom is -0.355 e. The molecule has 1 atom stereocenters. The summed E-state index contributed by atoms with van der Waals surface area (Å²) in [5.41, 5.74) is 2.24. The Morgan fingerprint density at radius 2 is 1.93 bits per heavy atom. The van der Waals surface area contributed by atoms with Crippen LogP contribution >= 0.6 is 0 Å². The zero-order valence-electron chi connectivity index (χ0n) is 17.6. The Labute approximate surface area is 175 Å². The smallest absolute Gasteiger partial charge is 0.256 e. The van der Waals surface area contributed by atoms with Gasteiger partial charge in [0.15, 0.2) is 0 Å². The number of pyridine rings is 1. The van der Waals surface area contributed by atoms with Crippen LogP contribution in [0.2, 0.25) is 0 Å². The minimum absolute atomic E-state index is 0.0702. The largest absolute Gasteiger partial charge is 0.355 e. The van der Waals surface area contributed by atoms with E-state index in [-0.39, 0.29) is 17.9 Å². The number of carbonyl (C=O) groups excluding carboxylic acids is 2. The lowest BCUT2D eigenvalue weighted by Gasteiger charge is -2.39. The van der Waals surface area contributed by atoms with Gasteiger partial charge in [0.25, 0.3) is 5.91 Å². The molecule has 0 aromatic carbocycles. The van der Waals surface area contributed by atoms with Gasteiger partial charge in [-0.05, 0) is 31.9 Å². The summed E-state index contributed by atoms with van der Waals surface area (Å²) < 4.78 is 0. The lowest BCUT2D eigenvalue weighted by atomic mass is 10.2. The summed E-state index contributed by atoms with van der Waals surface area (Å²) in [4.78, 5) is 41.5. The van der Waals surface area contributed by atoms with Crippen molar-refractivity contribution in [2.75, 3.05) is 36.9 Å². The first kappa shape index (κ1) is 20.1. The molecule has 2 amide bonds. The zero-order valence-corrected chi connectivity index (χ0v) is 17.6. The van der Waals surface area contributed by atoms with Crippen LogP contribution in [0.5, 0.6) is 0 Å². The maximum atomic E-state index is 12.3. The van der Waals surface area contributed by atoms with Crippen molar-refractivity contribution in [3.05, 3.63) is 35.8 Å². The first-order chi connectivity index (χ1) is 14.5. The van der Waals surface area contributed by atoms with Crippen molar-refractivity contribution in [1.82, 2.24) is 25.2 Å². The van der Waals surface area contributed by atoms with Gasteiger partial charge in [-0.2, -0.15) is 4.98 Å². The Morgan fingerprint density at radius 1 is 1.13 bits per heavy atom. The molecule has 0 radical (unpaired) electrons. The predicted octanol–water partition coefficient (Wildman–Crippen LogP) is 1.91. The third kappa shape index (κ3) is 4.19. The number of hydrogen-bond acceptors (Lipinski definition) is 7. The molecule has 0 spiro atoms. The molecule has 2 fully saturated rings. The van der Waals surface area contributed by atoms with Crippen molar-refractivity contribution in [2.24, 2.45) is 0 Å². The van der Waals surface area contributed by atoms with Gasteiger partial charge >= 0.3 is 0 Å². The Kier molecular flexibility index (Phi) is 5.52. The van der Waals surface area contributed by atoms with Crippen molar-refractivity contribution in [2.45, 2.75) is 38.6 Å². The third-order valence-electron chi connectivity index (χ3n) is 5.62. The van der Waals surface area contributed by atoms with Gasteiger partial charge in [-0.25, -0.2) is 4.98 Å². The van der Waals surface area contributed by atoms with Crippen molar-refractivity contribution in [3.8, 4) is 0 Å². The van der Waals surface area contributed by atoms with Crippen LogP contribution in [0.25, 0.3) is 0 Å². The van der Waals surface area contributed by atoms with Gasteiger partial charge in [0.2, 0.25) is 11.9 Å². The van der Waals surface area contributed by atoms with E-state index >= 15 is 0 Å². The first-order valence-electron chi connectivity index (χ1n) is 10.3. The summed E-state index contributed by atoms with van der Waals surface area (Å²) in [7, 11) is 1.58. The van der Waals surface area contributed by atoms with Crippen LogP contribution in [-0.2, 0) is 4.79 Å². The van der Waals surface area contributed by atoms with Gasteiger partial charge in [-0.15, -0.1) is 0 Å². The van der Waals surface area contributed by atoms with Gasteiger partial charge < -0.3 is 20.4 Å². The van der Waals surface area contributed by atoms with E-state index < -0.39 is 0 Å². The molecule has 1 saturated carbocycles. The van der Waals surface area contributed by atoms with Crippen molar-refractivity contribution < 1.29 is 9.59 Å². The van der Waals surface area contributed by atoms with Crippen LogP contribution in [0, 0.1) is 0 Å². The van der Waals surface area contributed by atoms with E-state index in [1.54, 1.807) is 26.4 Å². The van der Waals surface area contributed by atoms with Gasteiger partial charge in [-0.1, -0.05) is 0 Å². The topological polar surface area (TPSA) is 103 Å². The van der Waals surface area contributed by atoms with Crippen LogP contribution in [-0.4, -0.2) is 64.4 Å². The van der Waals surface area contributed by atoms with Gasteiger partial charge in [0.1, 0.15) is 11.4 Å². The highest BCUT2D eigenvalue weighted by Crippen LogP contribution is 2.39. The number of nitrogens with zero attached hydrogens (tertiary/aromatic N) is 5. The van der Waals surface area contributed by atoms with Crippen molar-refractivity contribution >= 4 is 29.3 Å². The Hall–Kier alpha value is -3.23. The standard InChI is InChI=1S/C21H27N7O2/c1-13-12-27(14(2)29)8-9-28(13)21-24-11-17(20(30)22-3)19(26-21)25-16-6-7-18(23-10-16)15-4-5-15/h6-7,10-11,13,15H,4-5,8-9,12H2,1-3H3,(H,22,30)(H,24,25,26). The van der Waals surface area contributed by atoms with E-state index in [0.29, 0.717) is 42.9 Å². The predicted molar refractivity (Wildman–Crippen MR) is 114 cm³/mol. The summed E-state index contributed by atoms with van der Waals surface area (Å²) in [5, 5.41) is 5.86. The molecule has 2 N–H and O–H groups in total. The number of amides is 2. The van der Waals surface area contributed by atoms with Crippen LogP contribution in [0.15, 0.2) is 24.5 Å². The Balaban J connectivity index is 1.59. The van der Waals surface area contributed by atoms with E-state index in [1.807, 2.05) is 24.0 Å². The molecule has 30 heavy (non-hydrogen) atoms. The minimum atomic E-state index is -0.263. The second-order valence-electron chi connectivity index (χ2n) is 7.89. The number of aromatic nitrogens is 3. The Bertz CT molecular complexity index is 943. The highest BCUT2D eigenvalue weighted by atomic mass is 16.2. The molecule has 0 bridgehead atoms. The summed E-state index contributed by atoms with van der Waals surface area (Å²) in [5.74, 6) is 1.36. The van der Waals surface area contributed by atoms with Gasteiger partial charge in [-0.3, -0.25) is 14.6 Å². The molecule has 3 heterocycles. The number of piperazine rings is 1. The van der Waals surface area contributed by atoms with Crippen LogP contribution in [0.1, 0.15) is 48.7 Å². The number of rotatable bonds is 5. The molecule has 1 aliphatic heterocycles. The molecule has 1 unspecified atom stereocenters. The van der Waals surface area contributed by atoms with Crippen molar-refractivity contribution in [1.29, 1.82) is 0 Å². The lowest BCUT2D eigenvalue weighted by Crippen LogP contribution is -2.53. The molecule has 9 heteroatoms. The molecule has 2 aromatic heterocycles. The molecular weight excluding hydrogens is 382 g/mol. The summed E-state index contributed by atoms with van der Waals surface area (Å²) >= 11 is 0. The van der Waals surface area contributed by atoms with Crippen molar-refractivity contribution in [3.63, 3.8) is 0 Å². The summed E-state index contributed by atoms with van der Waals surface area (Å²) in [6, 6.07) is 4.05. The molecule has 4 rings (SSSR count). The van der Waals surface area contributed by atoms with Gasteiger partial charge in [0, 0.05) is 57.5 Å². The normalized spacial score (nSPS) is 18.8. The monoisotopic (exact) mass is 409 g/mol. The fraction of sp³-hybridized carbons (Fsp3) is 0.476. The molecule has 1 aliphatic carbocycles. The van der Waals surface area contributed by atoms with Crippen LogP contribution < -0.4 is 15.5 Å². The van der Waals surface area contributed by atoms with Gasteiger partial charge in [0.05, 0.1) is 11.9 Å². The second kappa shape index (κ2) is 8.25. The maximum Gasteiger partial charge on any atom is 0.256 e. The van der Waals surface area contributed by atoms with E-state index in [4.69, 9.17) is 0 Å². The van der Waals surface area contributed by atoms with Crippen LogP contribution in [0.3, 0.4) is 0 Å².